The van der Waals surface area contributed by atoms with Crippen molar-refractivity contribution in [2.24, 2.45) is 0 Å². The van der Waals surface area contributed by atoms with Gasteiger partial charge in [-0.3, -0.25) is 0 Å². The normalized spacial score (nSPS) is 17.8. The molecule has 5 nitrogen and oxygen atoms in total. The van der Waals surface area contributed by atoms with Gasteiger partial charge < -0.3 is 15.3 Å². The quantitative estimate of drug-likeness (QED) is 0.890. The molecule has 0 unspecified atom stereocenters. The van der Waals surface area contributed by atoms with E-state index < -0.39 is 29.7 Å². The molecule has 0 radical (unpaired) electrons. The zero-order valence-electron chi connectivity index (χ0n) is 11.3. The number of rotatable bonds is 4. The molecule has 7 heteroatoms. The van der Waals surface area contributed by atoms with Gasteiger partial charge in [-0.05, 0) is 37.0 Å². The minimum Gasteiger partial charge on any atom is -0.480 e. The highest BCUT2D eigenvalue weighted by atomic mass is 19.1. The number of amides is 2. The van der Waals surface area contributed by atoms with E-state index in [9.17, 15) is 18.4 Å². The fourth-order valence-electron chi connectivity index (χ4n) is 2.44. The van der Waals surface area contributed by atoms with E-state index in [0.717, 1.165) is 6.07 Å². The van der Waals surface area contributed by atoms with Crippen LogP contribution in [0.5, 0.6) is 0 Å². The SMILES string of the molecule is O=C(O)[C@H]1CCCN1C(=O)NCCc1cc(F)cc(F)c1. The van der Waals surface area contributed by atoms with Crippen LogP contribution in [0.25, 0.3) is 0 Å². The summed E-state index contributed by atoms with van der Waals surface area (Å²) in [7, 11) is 0. The molecule has 0 saturated carbocycles. The third-order valence-corrected chi connectivity index (χ3v) is 3.41. The molecule has 2 amide bonds. The van der Waals surface area contributed by atoms with E-state index in [0.29, 0.717) is 24.9 Å². The third-order valence-electron chi connectivity index (χ3n) is 3.41. The van der Waals surface area contributed by atoms with Crippen LogP contribution in [-0.2, 0) is 11.2 Å². The fourth-order valence-corrected chi connectivity index (χ4v) is 2.44. The summed E-state index contributed by atoms with van der Waals surface area (Å²) in [6.45, 7) is 0.585. The maximum absolute atomic E-state index is 13.0. The molecule has 1 fully saturated rings. The number of likely N-dealkylation sites (tertiary alicyclic amines) is 1. The second-order valence-electron chi connectivity index (χ2n) is 4.95. The summed E-state index contributed by atoms with van der Waals surface area (Å²) in [6, 6.07) is 1.92. The fraction of sp³-hybridized carbons (Fsp3) is 0.429. The summed E-state index contributed by atoms with van der Waals surface area (Å²) in [5.74, 6) is -2.35. The molecule has 0 spiro atoms. The van der Waals surface area contributed by atoms with Gasteiger partial charge >= 0.3 is 12.0 Å². The van der Waals surface area contributed by atoms with Gasteiger partial charge in [-0.15, -0.1) is 0 Å². The van der Waals surface area contributed by atoms with Gasteiger partial charge in [-0.2, -0.15) is 0 Å². The molecule has 1 aliphatic heterocycles. The van der Waals surface area contributed by atoms with Gasteiger partial charge in [0.25, 0.3) is 0 Å². The Hall–Kier alpha value is -2.18. The molecule has 1 aromatic carbocycles. The lowest BCUT2D eigenvalue weighted by Crippen LogP contribution is -2.46. The maximum atomic E-state index is 13.0. The van der Waals surface area contributed by atoms with Crippen LogP contribution in [0.2, 0.25) is 0 Å². The van der Waals surface area contributed by atoms with Crippen molar-refractivity contribution in [1.82, 2.24) is 10.2 Å². The Morgan fingerprint density at radius 2 is 1.95 bits per heavy atom. The van der Waals surface area contributed by atoms with E-state index in [1.165, 1.54) is 17.0 Å². The van der Waals surface area contributed by atoms with Gasteiger partial charge in [-0.1, -0.05) is 0 Å². The standard InChI is InChI=1S/C14H16F2N2O3/c15-10-6-9(7-11(16)8-10)3-4-17-14(21)18-5-1-2-12(18)13(19)20/h6-8,12H,1-5H2,(H,17,21)(H,19,20)/t12-/m1/s1. The van der Waals surface area contributed by atoms with Crippen LogP contribution in [-0.4, -0.2) is 41.1 Å². The highest BCUT2D eigenvalue weighted by molar-refractivity contribution is 5.83. The zero-order chi connectivity index (χ0) is 15.4. The molecule has 1 saturated heterocycles. The average Bonchev–Trinajstić information content (AvgIpc) is 2.86. The first-order chi connectivity index (χ1) is 9.97. The number of carbonyl (C=O) groups is 2. The number of nitrogens with one attached hydrogen (secondary N) is 1. The van der Waals surface area contributed by atoms with E-state index in [-0.39, 0.29) is 13.0 Å². The van der Waals surface area contributed by atoms with Crippen LogP contribution >= 0.6 is 0 Å². The van der Waals surface area contributed by atoms with E-state index in [1.54, 1.807) is 0 Å². The molecule has 0 aliphatic carbocycles. The van der Waals surface area contributed by atoms with Crippen molar-refractivity contribution >= 4 is 12.0 Å². The van der Waals surface area contributed by atoms with Gasteiger partial charge in [0, 0.05) is 19.2 Å². The predicted molar refractivity (Wildman–Crippen MR) is 70.8 cm³/mol. The number of aliphatic carboxylic acids is 1. The number of carbonyl (C=O) groups excluding carboxylic acids is 1. The minimum absolute atomic E-state index is 0.185. The van der Waals surface area contributed by atoms with Crippen molar-refractivity contribution in [2.45, 2.75) is 25.3 Å². The molecule has 2 N–H and O–H groups in total. The van der Waals surface area contributed by atoms with Crippen LogP contribution in [0.15, 0.2) is 18.2 Å². The molecular formula is C14H16F2N2O3. The van der Waals surface area contributed by atoms with E-state index in [2.05, 4.69) is 5.32 Å². The minimum atomic E-state index is -1.02. The number of carboxylic acid groups (broad SMARTS) is 1. The van der Waals surface area contributed by atoms with Crippen LogP contribution < -0.4 is 5.32 Å². The first-order valence-corrected chi connectivity index (χ1v) is 6.69. The Labute approximate surface area is 120 Å². The van der Waals surface area contributed by atoms with Crippen LogP contribution in [0.1, 0.15) is 18.4 Å². The van der Waals surface area contributed by atoms with Crippen molar-refractivity contribution in [3.05, 3.63) is 35.4 Å². The summed E-state index contributed by atoms with van der Waals surface area (Å²) < 4.78 is 26.0. The molecule has 0 aromatic heterocycles. The molecule has 1 heterocycles. The zero-order valence-corrected chi connectivity index (χ0v) is 11.3. The monoisotopic (exact) mass is 298 g/mol. The molecule has 114 valence electrons. The van der Waals surface area contributed by atoms with Crippen LogP contribution in [0.4, 0.5) is 13.6 Å². The van der Waals surface area contributed by atoms with Crippen LogP contribution in [0.3, 0.4) is 0 Å². The molecule has 1 aromatic rings. The average molecular weight is 298 g/mol. The largest absolute Gasteiger partial charge is 0.480 e. The molecule has 2 rings (SSSR count). The Bertz CT molecular complexity index is 531. The lowest BCUT2D eigenvalue weighted by Gasteiger charge is -2.21. The van der Waals surface area contributed by atoms with Gasteiger partial charge in [0.15, 0.2) is 0 Å². The number of hydrogen-bond donors (Lipinski definition) is 2. The number of benzene rings is 1. The number of nitrogens with zero attached hydrogens (tertiary/aromatic N) is 1. The Kier molecular flexibility index (Phi) is 4.72. The van der Waals surface area contributed by atoms with Crippen LogP contribution in [0, 0.1) is 11.6 Å². The summed E-state index contributed by atoms with van der Waals surface area (Å²) >= 11 is 0. The van der Waals surface area contributed by atoms with E-state index in [1.807, 2.05) is 0 Å². The summed E-state index contributed by atoms with van der Waals surface area (Å²) in [6.07, 6.45) is 1.36. The second-order valence-corrected chi connectivity index (χ2v) is 4.95. The first-order valence-electron chi connectivity index (χ1n) is 6.69. The lowest BCUT2D eigenvalue weighted by atomic mass is 10.1. The maximum Gasteiger partial charge on any atom is 0.326 e. The van der Waals surface area contributed by atoms with Crippen molar-refractivity contribution in [2.75, 3.05) is 13.1 Å². The van der Waals surface area contributed by atoms with Crippen molar-refractivity contribution in [1.29, 1.82) is 0 Å². The highest BCUT2D eigenvalue weighted by Crippen LogP contribution is 2.17. The van der Waals surface area contributed by atoms with Crippen molar-refractivity contribution < 1.29 is 23.5 Å². The van der Waals surface area contributed by atoms with Gasteiger partial charge in [0.05, 0.1) is 0 Å². The topological polar surface area (TPSA) is 69.6 Å². The van der Waals surface area contributed by atoms with Gasteiger partial charge in [-0.25, -0.2) is 18.4 Å². The van der Waals surface area contributed by atoms with E-state index >= 15 is 0 Å². The van der Waals surface area contributed by atoms with Crippen molar-refractivity contribution in [3.63, 3.8) is 0 Å². The molecule has 21 heavy (non-hydrogen) atoms. The predicted octanol–water partition coefficient (Wildman–Crippen LogP) is 1.77. The van der Waals surface area contributed by atoms with Crippen molar-refractivity contribution in [3.8, 4) is 0 Å². The Morgan fingerprint density at radius 3 is 2.57 bits per heavy atom. The summed E-state index contributed by atoms with van der Waals surface area (Å²) in [5.41, 5.74) is 0.434. The smallest absolute Gasteiger partial charge is 0.326 e. The first kappa shape index (κ1) is 15.2. The summed E-state index contributed by atoms with van der Waals surface area (Å²) in [5, 5.41) is 11.6. The molecule has 1 atom stereocenters. The lowest BCUT2D eigenvalue weighted by molar-refractivity contribution is -0.141. The van der Waals surface area contributed by atoms with E-state index in [4.69, 9.17) is 5.11 Å². The third kappa shape index (κ3) is 3.90. The number of hydrogen-bond acceptors (Lipinski definition) is 2. The number of halogens is 2. The summed E-state index contributed by atoms with van der Waals surface area (Å²) in [4.78, 5) is 24.1. The Balaban J connectivity index is 1.85. The molecule has 0 bridgehead atoms. The number of carboxylic acids is 1. The highest BCUT2D eigenvalue weighted by Gasteiger charge is 2.33. The van der Waals surface area contributed by atoms with Gasteiger partial charge in [0.1, 0.15) is 17.7 Å². The molecular weight excluding hydrogens is 282 g/mol. The number of urea groups is 1. The molecule has 1 aliphatic rings. The Morgan fingerprint density at radius 1 is 1.29 bits per heavy atom. The second kappa shape index (κ2) is 6.51. The van der Waals surface area contributed by atoms with Gasteiger partial charge in [0.2, 0.25) is 0 Å².